The minimum absolute atomic E-state index is 0.228. The largest absolute Gasteiger partial charge is 0.497 e. The van der Waals surface area contributed by atoms with Crippen LogP contribution in [0.1, 0.15) is 26.5 Å². The minimum atomic E-state index is -3.60. The van der Waals surface area contributed by atoms with E-state index in [9.17, 15) is 13.2 Å². The molecule has 0 saturated carbocycles. The summed E-state index contributed by atoms with van der Waals surface area (Å²) in [5.41, 5.74) is 2.18. The smallest absolute Gasteiger partial charge is 0.257 e. The SMILES string of the molecule is COc1cc(OC)cc(C(=O)Nc2nc3c(s2)CN(S(=O)(=O)c2ccc(C)cc2)CC3)c1. The van der Waals surface area contributed by atoms with Gasteiger partial charge >= 0.3 is 0 Å². The van der Waals surface area contributed by atoms with E-state index in [1.165, 1.54) is 29.9 Å². The molecule has 10 heteroatoms. The molecule has 1 amide bonds. The maximum absolute atomic E-state index is 13.0. The Balaban J connectivity index is 1.51. The van der Waals surface area contributed by atoms with Gasteiger partial charge in [-0.3, -0.25) is 10.1 Å². The zero-order valence-electron chi connectivity index (χ0n) is 17.9. The zero-order chi connectivity index (χ0) is 22.9. The molecule has 2 heterocycles. The van der Waals surface area contributed by atoms with E-state index in [1.54, 1.807) is 42.5 Å². The lowest BCUT2D eigenvalue weighted by atomic mass is 10.2. The second kappa shape index (κ2) is 8.89. The Bertz CT molecular complexity index is 1230. The lowest BCUT2D eigenvalue weighted by Gasteiger charge is -2.25. The fraction of sp³-hybridized carbons (Fsp3) is 0.273. The van der Waals surface area contributed by atoms with Gasteiger partial charge < -0.3 is 9.47 Å². The summed E-state index contributed by atoms with van der Waals surface area (Å²) >= 11 is 1.28. The van der Waals surface area contributed by atoms with Crippen molar-refractivity contribution in [3.05, 3.63) is 64.2 Å². The molecule has 0 bridgehead atoms. The number of sulfonamides is 1. The maximum Gasteiger partial charge on any atom is 0.257 e. The van der Waals surface area contributed by atoms with Gasteiger partial charge in [-0.25, -0.2) is 13.4 Å². The average Bonchev–Trinajstić information content (AvgIpc) is 3.20. The summed E-state index contributed by atoms with van der Waals surface area (Å²) in [7, 11) is -0.565. The summed E-state index contributed by atoms with van der Waals surface area (Å²) < 4.78 is 37.9. The summed E-state index contributed by atoms with van der Waals surface area (Å²) in [6.45, 7) is 2.48. The number of carbonyl (C=O) groups is 1. The van der Waals surface area contributed by atoms with Crippen LogP contribution < -0.4 is 14.8 Å². The highest BCUT2D eigenvalue weighted by molar-refractivity contribution is 7.89. The van der Waals surface area contributed by atoms with Crippen molar-refractivity contribution in [1.29, 1.82) is 0 Å². The molecule has 1 aliphatic heterocycles. The van der Waals surface area contributed by atoms with Crippen molar-refractivity contribution in [2.24, 2.45) is 0 Å². The van der Waals surface area contributed by atoms with E-state index >= 15 is 0 Å². The maximum atomic E-state index is 13.0. The number of aromatic nitrogens is 1. The number of nitrogens with zero attached hydrogens (tertiary/aromatic N) is 2. The van der Waals surface area contributed by atoms with Crippen LogP contribution in [-0.4, -0.2) is 44.4 Å². The molecule has 32 heavy (non-hydrogen) atoms. The molecule has 0 radical (unpaired) electrons. The van der Waals surface area contributed by atoms with Crippen molar-refractivity contribution in [3.63, 3.8) is 0 Å². The Morgan fingerprint density at radius 1 is 1.09 bits per heavy atom. The Hall–Kier alpha value is -2.95. The summed E-state index contributed by atoms with van der Waals surface area (Å²) in [4.78, 5) is 18.3. The lowest BCUT2D eigenvalue weighted by molar-refractivity contribution is 0.102. The highest BCUT2D eigenvalue weighted by atomic mass is 32.2. The molecule has 0 atom stereocenters. The van der Waals surface area contributed by atoms with Crippen molar-refractivity contribution in [1.82, 2.24) is 9.29 Å². The molecule has 0 fully saturated rings. The van der Waals surface area contributed by atoms with Crippen LogP contribution in [0.15, 0.2) is 47.4 Å². The number of fused-ring (bicyclic) bond motifs is 1. The van der Waals surface area contributed by atoms with E-state index in [4.69, 9.17) is 9.47 Å². The van der Waals surface area contributed by atoms with Crippen molar-refractivity contribution in [3.8, 4) is 11.5 Å². The molecule has 8 nitrogen and oxygen atoms in total. The van der Waals surface area contributed by atoms with Crippen LogP contribution in [0.5, 0.6) is 11.5 Å². The Morgan fingerprint density at radius 3 is 2.38 bits per heavy atom. The first-order valence-corrected chi connectivity index (χ1v) is 12.2. The Morgan fingerprint density at radius 2 is 1.75 bits per heavy atom. The van der Waals surface area contributed by atoms with Crippen LogP contribution in [0.3, 0.4) is 0 Å². The number of hydrogen-bond acceptors (Lipinski definition) is 7. The summed E-state index contributed by atoms with van der Waals surface area (Å²) in [6, 6.07) is 11.7. The lowest BCUT2D eigenvalue weighted by Crippen LogP contribution is -2.35. The van der Waals surface area contributed by atoms with Crippen molar-refractivity contribution in [2.75, 3.05) is 26.1 Å². The number of aryl methyl sites for hydroxylation is 1. The quantitative estimate of drug-likeness (QED) is 0.589. The number of carbonyl (C=O) groups excluding carboxylic acids is 1. The number of amides is 1. The predicted octanol–water partition coefficient (Wildman–Crippen LogP) is 3.47. The molecule has 1 aliphatic rings. The number of ether oxygens (including phenoxy) is 2. The van der Waals surface area contributed by atoms with Crippen LogP contribution in [0.2, 0.25) is 0 Å². The molecular formula is C22H23N3O5S2. The van der Waals surface area contributed by atoms with E-state index in [0.717, 1.165) is 16.1 Å². The van der Waals surface area contributed by atoms with Gasteiger partial charge in [0.2, 0.25) is 10.0 Å². The topological polar surface area (TPSA) is 97.8 Å². The number of methoxy groups -OCH3 is 2. The molecule has 168 valence electrons. The minimum Gasteiger partial charge on any atom is -0.497 e. The van der Waals surface area contributed by atoms with Gasteiger partial charge in [-0.1, -0.05) is 17.7 Å². The monoisotopic (exact) mass is 473 g/mol. The van der Waals surface area contributed by atoms with Crippen LogP contribution in [0, 0.1) is 6.92 Å². The molecular weight excluding hydrogens is 450 g/mol. The zero-order valence-corrected chi connectivity index (χ0v) is 19.5. The second-order valence-corrected chi connectivity index (χ2v) is 10.4. The van der Waals surface area contributed by atoms with Gasteiger partial charge in [-0.15, -0.1) is 11.3 Å². The number of thiazole rings is 1. The molecule has 1 aromatic heterocycles. The highest BCUT2D eigenvalue weighted by Gasteiger charge is 2.30. The first-order chi connectivity index (χ1) is 15.3. The number of anilines is 1. The van der Waals surface area contributed by atoms with Gasteiger partial charge in [0.25, 0.3) is 5.91 Å². The standard InChI is InChI=1S/C22H23N3O5S2/c1-14-4-6-18(7-5-14)32(27,28)25-9-8-19-20(13-25)31-22(23-19)24-21(26)15-10-16(29-2)12-17(11-15)30-3/h4-7,10-12H,8-9,13H2,1-3H3,(H,23,24,26). The van der Waals surface area contributed by atoms with E-state index in [0.29, 0.717) is 35.2 Å². The third kappa shape index (κ3) is 4.47. The highest BCUT2D eigenvalue weighted by Crippen LogP contribution is 2.32. The third-order valence-corrected chi connectivity index (χ3v) is 8.05. The number of rotatable bonds is 6. The fourth-order valence-corrected chi connectivity index (χ4v) is 5.91. The third-order valence-electron chi connectivity index (χ3n) is 5.19. The normalized spacial score (nSPS) is 14.0. The summed E-state index contributed by atoms with van der Waals surface area (Å²) in [5, 5.41) is 3.23. The summed E-state index contributed by atoms with van der Waals surface area (Å²) in [5.74, 6) is 0.659. The van der Waals surface area contributed by atoms with Crippen molar-refractivity contribution in [2.45, 2.75) is 24.8 Å². The van der Waals surface area contributed by atoms with Gasteiger partial charge in [0.05, 0.1) is 31.4 Å². The molecule has 0 unspecified atom stereocenters. The van der Waals surface area contributed by atoms with E-state index in [2.05, 4.69) is 10.3 Å². The van der Waals surface area contributed by atoms with Gasteiger partial charge in [0, 0.05) is 29.5 Å². The number of hydrogen-bond donors (Lipinski definition) is 1. The molecule has 2 aromatic carbocycles. The molecule has 3 aromatic rings. The molecule has 0 spiro atoms. The number of benzene rings is 2. The summed E-state index contributed by atoms with van der Waals surface area (Å²) in [6.07, 6.45) is 0.486. The number of nitrogens with one attached hydrogen (secondary N) is 1. The van der Waals surface area contributed by atoms with Gasteiger partial charge in [0.1, 0.15) is 11.5 Å². The van der Waals surface area contributed by atoms with E-state index < -0.39 is 10.0 Å². The average molecular weight is 474 g/mol. The molecule has 1 N–H and O–H groups in total. The van der Waals surface area contributed by atoms with Crippen LogP contribution in [-0.2, 0) is 23.0 Å². The molecule has 4 rings (SSSR count). The first-order valence-electron chi connectivity index (χ1n) is 9.90. The fourth-order valence-electron chi connectivity index (χ4n) is 3.40. The van der Waals surface area contributed by atoms with Crippen LogP contribution in [0.4, 0.5) is 5.13 Å². The van der Waals surface area contributed by atoms with Gasteiger partial charge in [-0.2, -0.15) is 4.31 Å². The molecule has 0 saturated heterocycles. The second-order valence-electron chi connectivity index (χ2n) is 7.35. The Kier molecular flexibility index (Phi) is 6.18. The molecule has 0 aliphatic carbocycles. The van der Waals surface area contributed by atoms with Gasteiger partial charge in [0.15, 0.2) is 5.13 Å². The van der Waals surface area contributed by atoms with Crippen molar-refractivity contribution < 1.29 is 22.7 Å². The first kappa shape index (κ1) is 22.3. The van der Waals surface area contributed by atoms with Crippen LogP contribution >= 0.6 is 11.3 Å². The Labute approximate surface area is 190 Å². The van der Waals surface area contributed by atoms with Crippen molar-refractivity contribution >= 4 is 32.4 Å². The predicted molar refractivity (Wildman–Crippen MR) is 122 cm³/mol. The van der Waals surface area contributed by atoms with Crippen LogP contribution in [0.25, 0.3) is 0 Å². The van der Waals surface area contributed by atoms with E-state index in [1.807, 2.05) is 6.92 Å². The van der Waals surface area contributed by atoms with Gasteiger partial charge in [-0.05, 0) is 31.2 Å². The van der Waals surface area contributed by atoms with E-state index in [-0.39, 0.29) is 17.3 Å².